The highest BCUT2D eigenvalue weighted by Crippen LogP contribution is 2.36. The van der Waals surface area contributed by atoms with Gasteiger partial charge in [0, 0.05) is 25.2 Å². The van der Waals surface area contributed by atoms with Gasteiger partial charge in [-0.25, -0.2) is 13.6 Å². The summed E-state index contributed by atoms with van der Waals surface area (Å²) >= 11 is 0. The molecule has 1 amide bonds. The van der Waals surface area contributed by atoms with E-state index in [1.165, 1.54) is 0 Å². The predicted octanol–water partition coefficient (Wildman–Crippen LogP) is 3.04. The fourth-order valence-corrected chi connectivity index (χ4v) is 3.24. The SMILES string of the molecule is O=C(NC12CCN(CC1)CC2)C(F)(F)c1c(F)cccc1F.O=C(O)C(F)(F)F. The summed E-state index contributed by atoms with van der Waals surface area (Å²) in [5.74, 6) is -11.5. The molecule has 5 nitrogen and oxygen atoms in total. The molecular weight excluding hydrogens is 413 g/mol. The minimum Gasteiger partial charge on any atom is -0.475 e. The first-order chi connectivity index (χ1) is 13.3. The topological polar surface area (TPSA) is 69.6 Å². The van der Waals surface area contributed by atoms with Gasteiger partial charge in [0.15, 0.2) is 0 Å². The molecule has 1 aromatic rings. The van der Waals surface area contributed by atoms with Crippen LogP contribution in [-0.2, 0) is 15.5 Å². The van der Waals surface area contributed by atoms with Gasteiger partial charge in [0.05, 0.1) is 0 Å². The maximum absolute atomic E-state index is 14.2. The van der Waals surface area contributed by atoms with Crippen molar-refractivity contribution in [3.63, 3.8) is 0 Å². The van der Waals surface area contributed by atoms with E-state index in [2.05, 4.69) is 10.2 Å². The van der Waals surface area contributed by atoms with Crippen molar-refractivity contribution in [3.8, 4) is 0 Å². The van der Waals surface area contributed by atoms with Crippen molar-refractivity contribution >= 4 is 11.9 Å². The first kappa shape index (κ1) is 22.9. The number of alkyl halides is 5. The Kier molecular flexibility index (Phi) is 6.45. The second-order valence-electron chi connectivity index (χ2n) is 6.80. The molecule has 1 aromatic carbocycles. The highest BCUT2D eigenvalue weighted by Gasteiger charge is 2.50. The number of halogens is 7. The van der Waals surface area contributed by atoms with E-state index in [1.54, 1.807) is 0 Å². The molecule has 0 aliphatic carbocycles. The van der Waals surface area contributed by atoms with Crippen LogP contribution in [0.25, 0.3) is 0 Å². The fraction of sp³-hybridized carbons (Fsp3) is 0.529. The van der Waals surface area contributed by atoms with Gasteiger partial charge in [-0.15, -0.1) is 0 Å². The number of rotatable bonds is 3. The number of carboxylic acid groups (broad SMARTS) is 1. The Morgan fingerprint density at radius 3 is 1.76 bits per heavy atom. The van der Waals surface area contributed by atoms with Crippen LogP contribution in [0.2, 0.25) is 0 Å². The minimum atomic E-state index is -5.08. The summed E-state index contributed by atoms with van der Waals surface area (Å²) in [6.45, 7) is 2.21. The molecule has 0 radical (unpaired) electrons. The van der Waals surface area contributed by atoms with Gasteiger partial charge in [0.25, 0.3) is 5.91 Å². The quantitative estimate of drug-likeness (QED) is 0.724. The molecule has 2 bridgehead atoms. The molecule has 3 fully saturated rings. The molecule has 3 heterocycles. The maximum Gasteiger partial charge on any atom is 0.490 e. The van der Waals surface area contributed by atoms with Crippen LogP contribution in [0.4, 0.5) is 30.7 Å². The first-order valence-electron chi connectivity index (χ1n) is 8.46. The Morgan fingerprint density at radius 1 is 0.966 bits per heavy atom. The van der Waals surface area contributed by atoms with E-state index < -0.39 is 46.7 Å². The van der Waals surface area contributed by atoms with Crippen LogP contribution in [0, 0.1) is 11.6 Å². The largest absolute Gasteiger partial charge is 0.490 e. The predicted molar refractivity (Wildman–Crippen MR) is 85.1 cm³/mol. The molecule has 162 valence electrons. The number of carbonyl (C=O) groups is 2. The summed E-state index contributed by atoms with van der Waals surface area (Å²) in [5, 5.41) is 9.49. The number of nitrogens with one attached hydrogen (secondary N) is 1. The van der Waals surface area contributed by atoms with Crippen LogP contribution < -0.4 is 5.32 Å². The standard InChI is InChI=1S/C15H16F4N2O.C2HF3O2/c16-10-2-1-3-11(17)12(10)15(18,19)13(22)20-14-4-7-21(8-5-14)9-6-14;3-2(4,5)1(6)7/h1-3H,4-9H2,(H,20,22);(H,6,7). The Balaban J connectivity index is 0.000000370. The fourth-order valence-electron chi connectivity index (χ4n) is 3.24. The molecule has 3 saturated heterocycles. The van der Waals surface area contributed by atoms with Crippen molar-refractivity contribution in [2.24, 2.45) is 0 Å². The highest BCUT2D eigenvalue weighted by atomic mass is 19.4. The van der Waals surface area contributed by atoms with Gasteiger partial charge < -0.3 is 15.3 Å². The van der Waals surface area contributed by atoms with E-state index >= 15 is 0 Å². The molecule has 12 heteroatoms. The molecule has 29 heavy (non-hydrogen) atoms. The molecule has 4 rings (SSSR count). The van der Waals surface area contributed by atoms with E-state index in [0.29, 0.717) is 19.3 Å². The lowest BCUT2D eigenvalue weighted by atomic mass is 9.79. The smallest absolute Gasteiger partial charge is 0.475 e. The molecule has 0 atom stereocenters. The number of hydrogen-bond donors (Lipinski definition) is 2. The van der Waals surface area contributed by atoms with Crippen molar-refractivity contribution in [2.45, 2.75) is 36.9 Å². The lowest BCUT2D eigenvalue weighted by Gasteiger charge is -2.49. The Morgan fingerprint density at radius 2 is 1.38 bits per heavy atom. The third kappa shape index (κ3) is 5.17. The summed E-state index contributed by atoms with van der Waals surface area (Å²) < 4.78 is 87.3. The Labute approximate surface area is 160 Å². The summed E-state index contributed by atoms with van der Waals surface area (Å²) in [7, 11) is 0. The molecule has 3 aliphatic heterocycles. The van der Waals surface area contributed by atoms with E-state index in [4.69, 9.17) is 9.90 Å². The zero-order valence-corrected chi connectivity index (χ0v) is 14.8. The average molecular weight is 430 g/mol. The van der Waals surface area contributed by atoms with Crippen LogP contribution in [-0.4, -0.2) is 53.2 Å². The molecule has 0 aromatic heterocycles. The molecule has 2 N–H and O–H groups in total. The van der Waals surface area contributed by atoms with E-state index in [0.717, 1.165) is 37.8 Å². The summed E-state index contributed by atoms with van der Waals surface area (Å²) in [5.41, 5.74) is -2.17. The number of piperidine rings is 3. The number of nitrogens with zero attached hydrogens (tertiary/aromatic N) is 1. The lowest BCUT2D eigenvalue weighted by molar-refractivity contribution is -0.192. The molecule has 0 unspecified atom stereocenters. The van der Waals surface area contributed by atoms with Crippen LogP contribution in [0.1, 0.15) is 24.8 Å². The monoisotopic (exact) mass is 430 g/mol. The van der Waals surface area contributed by atoms with Gasteiger partial charge in [0.2, 0.25) is 0 Å². The average Bonchev–Trinajstić information content (AvgIpc) is 2.62. The summed E-state index contributed by atoms with van der Waals surface area (Å²) in [4.78, 5) is 23.1. The number of fused-ring (bicyclic) bond motifs is 3. The third-order valence-electron chi connectivity index (χ3n) is 4.90. The van der Waals surface area contributed by atoms with Crippen molar-refractivity contribution in [2.75, 3.05) is 19.6 Å². The Hall–Kier alpha value is -2.37. The second-order valence-corrected chi connectivity index (χ2v) is 6.80. The number of benzene rings is 1. The van der Waals surface area contributed by atoms with Crippen molar-refractivity contribution in [1.29, 1.82) is 0 Å². The first-order valence-corrected chi connectivity index (χ1v) is 8.46. The highest BCUT2D eigenvalue weighted by molar-refractivity contribution is 5.85. The number of amides is 1. The van der Waals surface area contributed by atoms with Crippen LogP contribution in [0.15, 0.2) is 18.2 Å². The number of carbonyl (C=O) groups excluding carboxylic acids is 1. The molecule has 3 aliphatic rings. The summed E-state index contributed by atoms with van der Waals surface area (Å²) in [6, 6.07) is 2.42. The lowest BCUT2D eigenvalue weighted by Crippen LogP contribution is -2.62. The van der Waals surface area contributed by atoms with Gasteiger partial charge in [-0.1, -0.05) is 6.07 Å². The number of hydrogen-bond acceptors (Lipinski definition) is 3. The van der Waals surface area contributed by atoms with Crippen molar-refractivity contribution in [1.82, 2.24) is 10.2 Å². The van der Waals surface area contributed by atoms with Gasteiger partial charge in [-0.3, -0.25) is 4.79 Å². The minimum absolute atomic E-state index is 0.578. The maximum atomic E-state index is 14.2. The van der Waals surface area contributed by atoms with Crippen molar-refractivity contribution in [3.05, 3.63) is 35.4 Å². The van der Waals surface area contributed by atoms with Crippen LogP contribution >= 0.6 is 0 Å². The molecule has 0 spiro atoms. The third-order valence-corrected chi connectivity index (χ3v) is 4.90. The summed E-state index contributed by atoms with van der Waals surface area (Å²) in [6.07, 6.45) is -3.35. The Bertz CT molecular complexity index is 741. The number of aliphatic carboxylic acids is 1. The van der Waals surface area contributed by atoms with Crippen LogP contribution in [0.5, 0.6) is 0 Å². The molecular formula is C17H17F7N2O3. The van der Waals surface area contributed by atoms with Gasteiger partial charge in [-0.2, -0.15) is 22.0 Å². The normalized spacial score (nSPS) is 23.8. The molecule has 0 saturated carbocycles. The zero-order valence-electron chi connectivity index (χ0n) is 14.8. The zero-order chi connectivity index (χ0) is 22.0. The van der Waals surface area contributed by atoms with Gasteiger partial charge in [0.1, 0.15) is 17.2 Å². The van der Waals surface area contributed by atoms with Crippen LogP contribution in [0.3, 0.4) is 0 Å². The van der Waals surface area contributed by atoms with Crippen molar-refractivity contribution < 1.29 is 45.4 Å². The van der Waals surface area contributed by atoms with E-state index in [-0.39, 0.29) is 0 Å². The van der Waals surface area contributed by atoms with E-state index in [9.17, 15) is 35.5 Å². The van der Waals surface area contributed by atoms with Gasteiger partial charge >= 0.3 is 18.1 Å². The van der Waals surface area contributed by atoms with E-state index in [1.807, 2.05) is 0 Å². The number of carboxylic acids is 1. The van der Waals surface area contributed by atoms with Gasteiger partial charge in [-0.05, 0) is 31.4 Å². The second kappa shape index (κ2) is 8.17.